The van der Waals surface area contributed by atoms with Gasteiger partial charge in [-0.2, -0.15) is 0 Å². The van der Waals surface area contributed by atoms with E-state index in [0.29, 0.717) is 34.8 Å². The minimum Gasteiger partial charge on any atom is -0.382 e. The van der Waals surface area contributed by atoms with Crippen molar-refractivity contribution in [2.75, 3.05) is 5.73 Å². The number of rotatable bonds is 6. The highest BCUT2D eigenvalue weighted by atomic mass is 19.1. The zero-order valence-corrected chi connectivity index (χ0v) is 17.8. The van der Waals surface area contributed by atoms with Gasteiger partial charge in [0.05, 0.1) is 17.1 Å². The average Bonchev–Trinajstić information content (AvgIpc) is 2.78. The highest BCUT2D eigenvalue weighted by Crippen LogP contribution is 2.32. The Labute approximate surface area is 185 Å². The van der Waals surface area contributed by atoms with E-state index in [9.17, 15) is 9.18 Å². The molecule has 0 radical (unpaired) electrons. The Kier molecular flexibility index (Phi) is 5.98. The summed E-state index contributed by atoms with van der Waals surface area (Å²) in [5, 5.41) is 0. The van der Waals surface area contributed by atoms with Crippen LogP contribution in [0.2, 0.25) is 0 Å². The van der Waals surface area contributed by atoms with E-state index in [1.54, 1.807) is 36.5 Å². The molecule has 2 N–H and O–H groups in total. The maximum absolute atomic E-state index is 13.5. The van der Waals surface area contributed by atoms with Gasteiger partial charge in [-0.15, -0.1) is 0 Å². The Balaban J connectivity index is 1.75. The second kappa shape index (κ2) is 9.01. The van der Waals surface area contributed by atoms with Crippen molar-refractivity contribution in [1.29, 1.82) is 0 Å². The molecule has 0 spiro atoms. The number of aryl methyl sites for hydroxylation is 3. The Morgan fingerprint density at radius 2 is 1.59 bits per heavy atom. The predicted molar refractivity (Wildman–Crippen MR) is 121 cm³/mol. The van der Waals surface area contributed by atoms with Crippen LogP contribution in [0.4, 0.5) is 10.2 Å². The molecule has 32 heavy (non-hydrogen) atoms. The highest BCUT2D eigenvalue weighted by Gasteiger charge is 2.18. The molecule has 1 aromatic carbocycles. The van der Waals surface area contributed by atoms with Crippen molar-refractivity contribution in [2.24, 2.45) is 0 Å². The van der Waals surface area contributed by atoms with Gasteiger partial charge in [0, 0.05) is 41.6 Å². The van der Waals surface area contributed by atoms with Crippen LogP contribution in [0.5, 0.6) is 0 Å². The third-order valence-corrected chi connectivity index (χ3v) is 5.01. The SMILES string of the molecule is Cc1cc(-c2nc(CCC(=O)c3ccccn3)c(N)nc2-c2ccc(F)cc2)cc(C)n1. The molecule has 3 aromatic heterocycles. The van der Waals surface area contributed by atoms with Gasteiger partial charge in [-0.25, -0.2) is 14.4 Å². The normalized spacial score (nSPS) is 10.8. The maximum Gasteiger partial charge on any atom is 0.181 e. The first-order chi connectivity index (χ1) is 15.4. The number of halogens is 1. The highest BCUT2D eigenvalue weighted by molar-refractivity contribution is 5.94. The van der Waals surface area contributed by atoms with Gasteiger partial charge >= 0.3 is 0 Å². The van der Waals surface area contributed by atoms with Crippen LogP contribution in [0, 0.1) is 19.7 Å². The van der Waals surface area contributed by atoms with Gasteiger partial charge < -0.3 is 5.73 Å². The van der Waals surface area contributed by atoms with Crippen LogP contribution < -0.4 is 5.73 Å². The minimum absolute atomic E-state index is 0.0911. The minimum atomic E-state index is -0.337. The number of aromatic nitrogens is 4. The molecule has 0 amide bonds. The molecule has 0 saturated carbocycles. The number of nitrogens with two attached hydrogens (primary N) is 1. The van der Waals surface area contributed by atoms with Crippen LogP contribution in [-0.2, 0) is 6.42 Å². The monoisotopic (exact) mass is 427 g/mol. The van der Waals surface area contributed by atoms with E-state index in [4.69, 9.17) is 10.7 Å². The van der Waals surface area contributed by atoms with Gasteiger partial charge in [-0.3, -0.25) is 14.8 Å². The van der Waals surface area contributed by atoms with Gasteiger partial charge in [-0.1, -0.05) is 6.07 Å². The lowest BCUT2D eigenvalue weighted by Gasteiger charge is -2.14. The van der Waals surface area contributed by atoms with Gasteiger partial charge in [0.1, 0.15) is 17.3 Å². The zero-order valence-electron chi connectivity index (χ0n) is 17.8. The summed E-state index contributed by atoms with van der Waals surface area (Å²) in [6.07, 6.45) is 2.12. The summed E-state index contributed by atoms with van der Waals surface area (Å²) in [6, 6.07) is 15.1. The van der Waals surface area contributed by atoms with Gasteiger partial charge in [0.15, 0.2) is 5.78 Å². The first-order valence-electron chi connectivity index (χ1n) is 10.2. The van der Waals surface area contributed by atoms with Crippen LogP contribution in [0.25, 0.3) is 22.5 Å². The molecule has 0 aliphatic rings. The summed E-state index contributed by atoms with van der Waals surface area (Å²) in [4.78, 5) is 30.4. The number of Topliss-reactive ketones (excluding diaryl/α,β-unsaturated/α-hetero) is 1. The predicted octanol–water partition coefficient (Wildman–Crippen LogP) is 4.75. The molecule has 0 fully saturated rings. The molecular formula is C25H22FN5O. The van der Waals surface area contributed by atoms with E-state index >= 15 is 0 Å². The number of hydrogen-bond donors (Lipinski definition) is 1. The van der Waals surface area contributed by atoms with Crippen LogP contribution in [0.15, 0.2) is 60.8 Å². The number of carbonyl (C=O) groups excluding carboxylic acids is 1. The summed E-state index contributed by atoms with van der Waals surface area (Å²) < 4.78 is 13.5. The lowest BCUT2D eigenvalue weighted by atomic mass is 10.0. The van der Waals surface area contributed by atoms with Gasteiger partial charge in [0.2, 0.25) is 0 Å². The number of carbonyl (C=O) groups is 1. The summed E-state index contributed by atoms with van der Waals surface area (Å²) >= 11 is 0. The molecule has 7 heteroatoms. The van der Waals surface area contributed by atoms with Crippen molar-refractivity contribution in [2.45, 2.75) is 26.7 Å². The van der Waals surface area contributed by atoms with Gasteiger partial charge in [-0.05, 0) is 62.4 Å². The Bertz CT molecular complexity index is 1250. The molecule has 0 saturated heterocycles. The quantitative estimate of drug-likeness (QED) is 0.446. The van der Waals surface area contributed by atoms with E-state index in [2.05, 4.69) is 15.0 Å². The number of benzene rings is 1. The number of ketones is 1. The fourth-order valence-electron chi connectivity index (χ4n) is 3.54. The summed E-state index contributed by atoms with van der Waals surface area (Å²) in [7, 11) is 0. The number of anilines is 1. The van der Waals surface area contributed by atoms with E-state index in [-0.39, 0.29) is 23.8 Å². The van der Waals surface area contributed by atoms with E-state index in [1.165, 1.54) is 12.1 Å². The summed E-state index contributed by atoms with van der Waals surface area (Å²) in [5.41, 5.74) is 11.5. The molecule has 160 valence electrons. The molecule has 3 heterocycles. The number of hydrogen-bond acceptors (Lipinski definition) is 6. The average molecular weight is 427 g/mol. The summed E-state index contributed by atoms with van der Waals surface area (Å²) in [6.45, 7) is 3.82. The van der Waals surface area contributed by atoms with E-state index in [1.807, 2.05) is 26.0 Å². The van der Waals surface area contributed by atoms with Crippen molar-refractivity contribution < 1.29 is 9.18 Å². The molecule has 4 rings (SSSR count). The van der Waals surface area contributed by atoms with Crippen molar-refractivity contribution >= 4 is 11.6 Å². The second-order valence-electron chi connectivity index (χ2n) is 7.54. The third kappa shape index (κ3) is 4.67. The summed E-state index contributed by atoms with van der Waals surface area (Å²) in [5.74, 6) is -0.188. The smallest absolute Gasteiger partial charge is 0.181 e. The third-order valence-electron chi connectivity index (χ3n) is 5.01. The molecule has 0 aliphatic heterocycles. The molecule has 0 unspecified atom stereocenters. The van der Waals surface area contributed by atoms with Gasteiger partial charge in [0.25, 0.3) is 0 Å². The Morgan fingerprint density at radius 3 is 2.25 bits per heavy atom. The molecule has 0 atom stereocenters. The topological polar surface area (TPSA) is 94.7 Å². The largest absolute Gasteiger partial charge is 0.382 e. The molecule has 0 bridgehead atoms. The molecular weight excluding hydrogens is 405 g/mol. The Morgan fingerprint density at radius 1 is 0.906 bits per heavy atom. The number of nitrogen functional groups attached to an aromatic ring is 1. The van der Waals surface area contributed by atoms with Crippen LogP contribution in [-0.4, -0.2) is 25.7 Å². The molecule has 6 nitrogen and oxygen atoms in total. The van der Waals surface area contributed by atoms with Crippen LogP contribution >= 0.6 is 0 Å². The Hall–Kier alpha value is -4.00. The second-order valence-corrected chi connectivity index (χ2v) is 7.54. The molecule has 0 aliphatic carbocycles. The van der Waals surface area contributed by atoms with Crippen molar-refractivity contribution in [1.82, 2.24) is 19.9 Å². The zero-order chi connectivity index (χ0) is 22.7. The fourth-order valence-corrected chi connectivity index (χ4v) is 3.54. The lowest BCUT2D eigenvalue weighted by Crippen LogP contribution is -2.09. The maximum atomic E-state index is 13.5. The fraction of sp³-hybridized carbons (Fsp3) is 0.160. The molecule has 4 aromatic rings. The standard InChI is InChI=1S/C25H22FN5O/c1-15-13-18(14-16(2)29-15)24-23(17-6-8-19(26)9-7-17)31-25(27)21(30-24)10-11-22(32)20-5-3-4-12-28-20/h3-9,12-14H,10-11H2,1-2H3,(H2,27,31). The van der Waals surface area contributed by atoms with Crippen molar-refractivity contribution in [3.8, 4) is 22.5 Å². The number of pyridine rings is 2. The number of nitrogens with zero attached hydrogens (tertiary/aromatic N) is 4. The van der Waals surface area contributed by atoms with Crippen LogP contribution in [0.1, 0.15) is 34.0 Å². The van der Waals surface area contributed by atoms with Crippen molar-refractivity contribution in [3.63, 3.8) is 0 Å². The first-order valence-corrected chi connectivity index (χ1v) is 10.2. The van der Waals surface area contributed by atoms with E-state index in [0.717, 1.165) is 17.0 Å². The van der Waals surface area contributed by atoms with Crippen LogP contribution in [0.3, 0.4) is 0 Å². The van der Waals surface area contributed by atoms with Crippen molar-refractivity contribution in [3.05, 3.63) is 89.4 Å². The lowest BCUT2D eigenvalue weighted by molar-refractivity contribution is 0.0978. The van der Waals surface area contributed by atoms with E-state index < -0.39 is 0 Å². The first kappa shape index (κ1) is 21.2.